The molecule has 0 radical (unpaired) electrons. The maximum atomic E-state index is 12.3. The molecule has 92 valence electrons. The molecule has 1 fully saturated rings. The van der Waals surface area contributed by atoms with E-state index < -0.39 is 0 Å². The first-order valence-electron chi connectivity index (χ1n) is 5.79. The molecule has 0 unspecified atom stereocenters. The van der Waals surface area contributed by atoms with Crippen LogP contribution >= 0.6 is 27.5 Å². The number of hydrogen-bond donors (Lipinski definition) is 0. The Morgan fingerprint density at radius 2 is 1.94 bits per heavy atom. The predicted molar refractivity (Wildman–Crippen MR) is 71.3 cm³/mol. The van der Waals surface area contributed by atoms with Crippen LogP contribution in [-0.4, -0.2) is 28.9 Å². The van der Waals surface area contributed by atoms with Crippen LogP contribution in [0.25, 0.3) is 0 Å². The summed E-state index contributed by atoms with van der Waals surface area (Å²) in [6.07, 6.45) is 6.15. The number of halogens is 2. The molecule has 3 nitrogen and oxygen atoms in total. The van der Waals surface area contributed by atoms with Crippen LogP contribution in [0, 0.1) is 0 Å². The fourth-order valence-corrected chi connectivity index (χ4v) is 2.53. The molecule has 1 amide bonds. The van der Waals surface area contributed by atoms with Gasteiger partial charge in [-0.15, -0.1) is 0 Å². The van der Waals surface area contributed by atoms with E-state index in [1.54, 1.807) is 12.3 Å². The molecular weight excluding hydrogens is 304 g/mol. The van der Waals surface area contributed by atoms with Crippen LogP contribution in [0.5, 0.6) is 0 Å². The summed E-state index contributed by atoms with van der Waals surface area (Å²) in [7, 11) is 0. The largest absolute Gasteiger partial charge is 0.339 e. The second-order valence-electron chi connectivity index (χ2n) is 4.20. The number of rotatable bonds is 1. The first-order chi connectivity index (χ1) is 8.18. The van der Waals surface area contributed by atoms with Gasteiger partial charge in [0.25, 0.3) is 5.91 Å². The zero-order valence-corrected chi connectivity index (χ0v) is 11.8. The molecule has 0 N–H and O–H groups in total. The highest BCUT2D eigenvalue weighted by Crippen LogP contribution is 2.21. The van der Waals surface area contributed by atoms with Crippen LogP contribution < -0.4 is 0 Å². The third kappa shape index (κ3) is 3.19. The molecule has 17 heavy (non-hydrogen) atoms. The molecule has 0 bridgehead atoms. The third-order valence-electron chi connectivity index (χ3n) is 2.93. The number of likely N-dealkylation sites (tertiary alicyclic amines) is 1. The number of pyridine rings is 1. The minimum absolute atomic E-state index is 0.00861. The minimum atomic E-state index is -0.00861. The summed E-state index contributed by atoms with van der Waals surface area (Å²) in [5, 5.41) is 0.280. The van der Waals surface area contributed by atoms with Crippen LogP contribution in [0.1, 0.15) is 36.0 Å². The Kier molecular flexibility index (Phi) is 4.40. The second-order valence-corrected chi connectivity index (χ2v) is 5.47. The number of carbonyl (C=O) groups excluding carboxylic acids is 1. The molecular formula is C12H14BrClN2O. The van der Waals surface area contributed by atoms with Crippen molar-refractivity contribution in [3.05, 3.63) is 27.5 Å². The van der Waals surface area contributed by atoms with E-state index in [1.807, 2.05) is 4.90 Å². The van der Waals surface area contributed by atoms with Gasteiger partial charge in [0.05, 0.1) is 5.56 Å². The summed E-state index contributed by atoms with van der Waals surface area (Å²) in [6.45, 7) is 1.64. The predicted octanol–water partition coefficient (Wildman–Crippen LogP) is 3.51. The zero-order valence-electron chi connectivity index (χ0n) is 9.46. The topological polar surface area (TPSA) is 33.2 Å². The number of carbonyl (C=O) groups is 1. The summed E-state index contributed by atoms with van der Waals surface area (Å²) in [5.74, 6) is -0.00861. The van der Waals surface area contributed by atoms with Crippen molar-refractivity contribution in [3.63, 3.8) is 0 Å². The van der Waals surface area contributed by atoms with Gasteiger partial charge in [0.15, 0.2) is 0 Å². The van der Waals surface area contributed by atoms with E-state index in [0.717, 1.165) is 30.4 Å². The van der Waals surface area contributed by atoms with Crippen LogP contribution in [0.4, 0.5) is 0 Å². The molecule has 0 aliphatic carbocycles. The molecule has 2 rings (SSSR count). The molecule has 2 heterocycles. The Balaban J connectivity index is 2.20. The molecule has 0 aromatic carbocycles. The van der Waals surface area contributed by atoms with Crippen molar-refractivity contribution >= 4 is 33.4 Å². The molecule has 5 heteroatoms. The summed E-state index contributed by atoms with van der Waals surface area (Å²) >= 11 is 9.28. The molecule has 1 saturated heterocycles. The van der Waals surface area contributed by atoms with Gasteiger partial charge in [0, 0.05) is 23.8 Å². The molecule has 0 atom stereocenters. The Labute approximate surface area is 114 Å². The summed E-state index contributed by atoms with van der Waals surface area (Å²) < 4.78 is 0.778. The molecule has 1 aliphatic rings. The van der Waals surface area contributed by atoms with Crippen molar-refractivity contribution in [2.24, 2.45) is 0 Å². The van der Waals surface area contributed by atoms with Gasteiger partial charge in [-0.2, -0.15) is 0 Å². The van der Waals surface area contributed by atoms with Gasteiger partial charge in [-0.05, 0) is 34.8 Å². The van der Waals surface area contributed by atoms with E-state index in [1.165, 1.54) is 12.8 Å². The highest BCUT2D eigenvalue weighted by atomic mass is 79.9. The summed E-state index contributed by atoms with van der Waals surface area (Å²) in [4.78, 5) is 18.2. The lowest BCUT2D eigenvalue weighted by atomic mass is 10.2. The monoisotopic (exact) mass is 316 g/mol. The van der Waals surface area contributed by atoms with Gasteiger partial charge in [0.2, 0.25) is 0 Å². The third-order valence-corrected chi connectivity index (χ3v) is 3.66. The SMILES string of the molecule is O=C(c1cc(Br)cnc1Cl)N1CCCCCC1. The summed E-state index contributed by atoms with van der Waals surface area (Å²) in [5.41, 5.74) is 0.489. The second kappa shape index (κ2) is 5.83. The van der Waals surface area contributed by atoms with E-state index in [4.69, 9.17) is 11.6 Å². The molecule has 0 saturated carbocycles. The Morgan fingerprint density at radius 3 is 2.59 bits per heavy atom. The first-order valence-corrected chi connectivity index (χ1v) is 6.96. The van der Waals surface area contributed by atoms with E-state index in [2.05, 4.69) is 20.9 Å². The fraction of sp³-hybridized carbons (Fsp3) is 0.500. The number of aromatic nitrogens is 1. The maximum Gasteiger partial charge on any atom is 0.257 e. The lowest BCUT2D eigenvalue weighted by molar-refractivity contribution is 0.0761. The average molecular weight is 318 g/mol. The zero-order chi connectivity index (χ0) is 12.3. The fourth-order valence-electron chi connectivity index (χ4n) is 2.02. The van der Waals surface area contributed by atoms with Gasteiger partial charge in [-0.1, -0.05) is 24.4 Å². The van der Waals surface area contributed by atoms with Crippen molar-refractivity contribution < 1.29 is 4.79 Å². The number of hydrogen-bond acceptors (Lipinski definition) is 2. The lowest BCUT2D eigenvalue weighted by Crippen LogP contribution is -2.32. The average Bonchev–Trinajstić information content (AvgIpc) is 2.60. The van der Waals surface area contributed by atoms with Gasteiger partial charge < -0.3 is 4.90 Å². The molecule has 1 aromatic rings. The van der Waals surface area contributed by atoms with E-state index in [9.17, 15) is 4.79 Å². The van der Waals surface area contributed by atoms with Crippen LogP contribution in [0.3, 0.4) is 0 Å². The molecule has 0 spiro atoms. The van der Waals surface area contributed by atoms with Crippen molar-refractivity contribution in [2.75, 3.05) is 13.1 Å². The van der Waals surface area contributed by atoms with E-state index >= 15 is 0 Å². The van der Waals surface area contributed by atoms with Gasteiger partial charge in [0.1, 0.15) is 5.15 Å². The Bertz CT molecular complexity index is 417. The smallest absolute Gasteiger partial charge is 0.257 e. The van der Waals surface area contributed by atoms with Gasteiger partial charge in [-0.25, -0.2) is 4.98 Å². The quantitative estimate of drug-likeness (QED) is 0.743. The van der Waals surface area contributed by atoms with E-state index in [0.29, 0.717) is 5.56 Å². The molecule has 1 aliphatic heterocycles. The van der Waals surface area contributed by atoms with Crippen LogP contribution in [0.15, 0.2) is 16.7 Å². The van der Waals surface area contributed by atoms with Gasteiger partial charge >= 0.3 is 0 Å². The van der Waals surface area contributed by atoms with Crippen molar-refractivity contribution in [1.82, 2.24) is 9.88 Å². The van der Waals surface area contributed by atoms with Crippen molar-refractivity contribution in [2.45, 2.75) is 25.7 Å². The number of amides is 1. The van der Waals surface area contributed by atoms with Crippen LogP contribution in [-0.2, 0) is 0 Å². The first kappa shape index (κ1) is 12.8. The molecule has 1 aromatic heterocycles. The summed E-state index contributed by atoms with van der Waals surface area (Å²) in [6, 6.07) is 1.74. The van der Waals surface area contributed by atoms with E-state index in [-0.39, 0.29) is 11.1 Å². The Morgan fingerprint density at radius 1 is 1.29 bits per heavy atom. The van der Waals surface area contributed by atoms with Crippen LogP contribution in [0.2, 0.25) is 5.15 Å². The highest BCUT2D eigenvalue weighted by Gasteiger charge is 2.20. The normalized spacial score (nSPS) is 16.7. The Hall–Kier alpha value is -0.610. The highest BCUT2D eigenvalue weighted by molar-refractivity contribution is 9.10. The van der Waals surface area contributed by atoms with Crippen molar-refractivity contribution in [3.8, 4) is 0 Å². The minimum Gasteiger partial charge on any atom is -0.339 e. The number of nitrogens with zero attached hydrogens (tertiary/aromatic N) is 2. The van der Waals surface area contributed by atoms with Gasteiger partial charge in [-0.3, -0.25) is 4.79 Å². The standard InChI is InChI=1S/C12H14BrClN2O/c13-9-7-10(11(14)15-8-9)12(17)16-5-3-1-2-4-6-16/h7-8H,1-6H2. The maximum absolute atomic E-state index is 12.3. The van der Waals surface area contributed by atoms with Crippen molar-refractivity contribution in [1.29, 1.82) is 0 Å². The lowest BCUT2D eigenvalue weighted by Gasteiger charge is -2.20.